The topological polar surface area (TPSA) is 26.3 Å². The summed E-state index contributed by atoms with van der Waals surface area (Å²) in [5.41, 5.74) is 0.358. The summed E-state index contributed by atoms with van der Waals surface area (Å²) in [6, 6.07) is 8.07. The van der Waals surface area contributed by atoms with Crippen molar-refractivity contribution in [1.82, 2.24) is 0 Å². The third-order valence-electron chi connectivity index (χ3n) is 2.46. The fraction of sp³-hybridized carbons (Fsp3) is 0.0714. The summed E-state index contributed by atoms with van der Waals surface area (Å²) in [5, 5.41) is 0.421. The SMILES string of the molecule is O=C(COc1c(F)cc(F)cc1Br)c1cccc(Cl)c1. The van der Waals surface area contributed by atoms with Crippen molar-refractivity contribution in [2.75, 3.05) is 6.61 Å². The number of halogens is 4. The first kappa shape index (κ1) is 14.9. The fourth-order valence-corrected chi connectivity index (χ4v) is 2.26. The number of hydrogen-bond donors (Lipinski definition) is 0. The molecule has 0 aliphatic rings. The van der Waals surface area contributed by atoms with E-state index in [4.69, 9.17) is 16.3 Å². The molecule has 0 fully saturated rings. The number of Topliss-reactive ketones (excluding diaryl/α,β-unsaturated/α-hetero) is 1. The van der Waals surface area contributed by atoms with Gasteiger partial charge in [0.1, 0.15) is 5.82 Å². The zero-order chi connectivity index (χ0) is 14.7. The molecule has 2 aromatic carbocycles. The maximum atomic E-state index is 13.5. The summed E-state index contributed by atoms with van der Waals surface area (Å²) in [6.07, 6.45) is 0. The highest BCUT2D eigenvalue weighted by Crippen LogP contribution is 2.29. The first-order chi connectivity index (χ1) is 9.47. The predicted octanol–water partition coefficient (Wildman–Crippen LogP) is 4.64. The van der Waals surface area contributed by atoms with E-state index in [9.17, 15) is 13.6 Å². The minimum absolute atomic E-state index is 0.105. The molecule has 6 heteroatoms. The molecule has 0 N–H and O–H groups in total. The molecule has 0 spiro atoms. The van der Waals surface area contributed by atoms with Crippen molar-refractivity contribution < 1.29 is 18.3 Å². The second kappa shape index (κ2) is 6.33. The molecule has 2 aromatic rings. The zero-order valence-corrected chi connectivity index (χ0v) is 12.3. The summed E-state index contributed by atoms with van der Waals surface area (Å²) in [4.78, 5) is 11.9. The Kier molecular flexibility index (Phi) is 4.73. The zero-order valence-electron chi connectivity index (χ0n) is 10.00. The molecule has 0 aromatic heterocycles. The monoisotopic (exact) mass is 360 g/mol. The normalized spacial score (nSPS) is 10.4. The van der Waals surface area contributed by atoms with Crippen molar-refractivity contribution in [2.24, 2.45) is 0 Å². The van der Waals surface area contributed by atoms with E-state index >= 15 is 0 Å². The lowest BCUT2D eigenvalue weighted by molar-refractivity contribution is 0.0918. The van der Waals surface area contributed by atoms with Gasteiger partial charge in [-0.3, -0.25) is 4.79 Å². The molecule has 0 aliphatic heterocycles. The van der Waals surface area contributed by atoms with Crippen LogP contribution in [0.1, 0.15) is 10.4 Å². The van der Waals surface area contributed by atoms with E-state index in [-0.39, 0.29) is 22.6 Å². The lowest BCUT2D eigenvalue weighted by Crippen LogP contribution is -2.12. The number of carbonyl (C=O) groups excluding carboxylic acids is 1. The van der Waals surface area contributed by atoms with Crippen molar-refractivity contribution in [3.8, 4) is 5.75 Å². The first-order valence-corrected chi connectivity index (χ1v) is 6.70. The highest BCUT2D eigenvalue weighted by molar-refractivity contribution is 9.10. The van der Waals surface area contributed by atoms with Gasteiger partial charge in [-0.15, -0.1) is 0 Å². The first-order valence-electron chi connectivity index (χ1n) is 5.53. The molecular weight excluding hydrogens is 354 g/mol. The highest BCUT2D eigenvalue weighted by atomic mass is 79.9. The van der Waals surface area contributed by atoms with Gasteiger partial charge in [0.2, 0.25) is 0 Å². The number of carbonyl (C=O) groups is 1. The minimum Gasteiger partial charge on any atom is -0.481 e. The van der Waals surface area contributed by atoms with Gasteiger partial charge >= 0.3 is 0 Å². The number of hydrogen-bond acceptors (Lipinski definition) is 2. The van der Waals surface area contributed by atoms with Crippen LogP contribution in [0.15, 0.2) is 40.9 Å². The standard InChI is InChI=1S/C14H8BrClF2O2/c15-11-5-10(17)6-12(18)14(11)20-7-13(19)8-2-1-3-9(16)4-8/h1-6H,7H2. The Balaban J connectivity index is 2.11. The van der Waals surface area contributed by atoms with Crippen LogP contribution in [0, 0.1) is 11.6 Å². The summed E-state index contributed by atoms with van der Waals surface area (Å²) in [7, 11) is 0. The van der Waals surface area contributed by atoms with Crippen molar-refractivity contribution >= 4 is 33.3 Å². The van der Waals surface area contributed by atoms with Crippen molar-refractivity contribution in [2.45, 2.75) is 0 Å². The van der Waals surface area contributed by atoms with E-state index < -0.39 is 11.6 Å². The summed E-state index contributed by atoms with van der Waals surface area (Å²) in [5.74, 6) is -2.18. The maximum Gasteiger partial charge on any atom is 0.200 e. The average molecular weight is 362 g/mol. The van der Waals surface area contributed by atoms with Gasteiger partial charge in [0.15, 0.2) is 24.0 Å². The molecule has 0 radical (unpaired) electrons. The van der Waals surface area contributed by atoms with Crippen LogP contribution in [-0.4, -0.2) is 12.4 Å². The van der Waals surface area contributed by atoms with Crippen LogP contribution in [0.3, 0.4) is 0 Å². The lowest BCUT2D eigenvalue weighted by Gasteiger charge is -2.09. The molecule has 0 amide bonds. The van der Waals surface area contributed by atoms with Gasteiger partial charge in [-0.05, 0) is 34.1 Å². The van der Waals surface area contributed by atoms with Gasteiger partial charge in [-0.1, -0.05) is 23.7 Å². The van der Waals surface area contributed by atoms with Gasteiger partial charge in [0.25, 0.3) is 0 Å². The molecule has 0 bridgehead atoms. The molecule has 104 valence electrons. The van der Waals surface area contributed by atoms with Gasteiger partial charge < -0.3 is 4.74 Å². The second-order valence-corrected chi connectivity index (χ2v) is 5.21. The fourth-order valence-electron chi connectivity index (χ4n) is 1.55. The van der Waals surface area contributed by atoms with E-state index in [2.05, 4.69) is 15.9 Å². The second-order valence-electron chi connectivity index (χ2n) is 3.92. The van der Waals surface area contributed by atoms with Crippen molar-refractivity contribution in [3.63, 3.8) is 0 Å². The molecule has 2 rings (SSSR count). The predicted molar refractivity (Wildman–Crippen MR) is 75.3 cm³/mol. The van der Waals surface area contributed by atoms with Crippen LogP contribution in [0.25, 0.3) is 0 Å². The number of ether oxygens (including phenoxy) is 1. The van der Waals surface area contributed by atoms with Crippen LogP contribution < -0.4 is 4.74 Å². The Morgan fingerprint density at radius 2 is 2.00 bits per heavy atom. The number of rotatable bonds is 4. The van der Waals surface area contributed by atoms with E-state index in [1.807, 2.05) is 0 Å². The van der Waals surface area contributed by atoms with E-state index in [0.717, 1.165) is 6.07 Å². The van der Waals surface area contributed by atoms with Crippen LogP contribution in [0.2, 0.25) is 5.02 Å². The van der Waals surface area contributed by atoms with Gasteiger partial charge in [0, 0.05) is 16.7 Å². The van der Waals surface area contributed by atoms with Crippen molar-refractivity contribution in [1.29, 1.82) is 0 Å². The van der Waals surface area contributed by atoms with E-state index in [1.54, 1.807) is 18.2 Å². The van der Waals surface area contributed by atoms with Crippen LogP contribution in [-0.2, 0) is 0 Å². The smallest absolute Gasteiger partial charge is 0.200 e. The van der Waals surface area contributed by atoms with Crippen molar-refractivity contribution in [3.05, 3.63) is 63.1 Å². The summed E-state index contributed by atoms with van der Waals surface area (Å²) >= 11 is 8.75. The molecular formula is C14H8BrClF2O2. The van der Waals surface area contributed by atoms with Gasteiger partial charge in [0.05, 0.1) is 4.47 Å². The molecule has 0 saturated heterocycles. The average Bonchev–Trinajstić information content (AvgIpc) is 2.37. The minimum atomic E-state index is -0.879. The van der Waals surface area contributed by atoms with Gasteiger partial charge in [-0.2, -0.15) is 0 Å². The molecule has 2 nitrogen and oxygen atoms in total. The Bertz CT molecular complexity index is 638. The lowest BCUT2D eigenvalue weighted by atomic mass is 10.1. The largest absolute Gasteiger partial charge is 0.481 e. The van der Waals surface area contributed by atoms with Crippen LogP contribution in [0.4, 0.5) is 8.78 Å². The third-order valence-corrected chi connectivity index (χ3v) is 3.28. The van der Waals surface area contributed by atoms with Gasteiger partial charge in [-0.25, -0.2) is 8.78 Å². The molecule has 0 unspecified atom stereocenters. The Labute approximate surface area is 127 Å². The number of ketones is 1. The Morgan fingerprint density at radius 3 is 2.65 bits per heavy atom. The maximum absolute atomic E-state index is 13.5. The Morgan fingerprint density at radius 1 is 1.25 bits per heavy atom. The molecule has 0 saturated carbocycles. The van der Waals surface area contributed by atoms with Crippen LogP contribution in [0.5, 0.6) is 5.75 Å². The number of benzene rings is 2. The molecule has 20 heavy (non-hydrogen) atoms. The molecule has 0 atom stereocenters. The van der Waals surface area contributed by atoms with E-state index in [0.29, 0.717) is 16.7 Å². The van der Waals surface area contributed by atoms with Crippen LogP contribution >= 0.6 is 27.5 Å². The molecule has 0 aliphatic carbocycles. The summed E-state index contributed by atoms with van der Waals surface area (Å²) in [6.45, 7) is -0.374. The Hall–Kier alpha value is -1.46. The molecule has 0 heterocycles. The third kappa shape index (κ3) is 3.55. The van der Waals surface area contributed by atoms with E-state index in [1.165, 1.54) is 6.07 Å². The summed E-state index contributed by atoms with van der Waals surface area (Å²) < 4.78 is 31.6. The highest BCUT2D eigenvalue weighted by Gasteiger charge is 2.14. The quantitative estimate of drug-likeness (QED) is 0.742.